The summed E-state index contributed by atoms with van der Waals surface area (Å²) in [6.07, 6.45) is 4.88. The van der Waals surface area contributed by atoms with E-state index in [-0.39, 0.29) is 11.9 Å². The summed E-state index contributed by atoms with van der Waals surface area (Å²) in [6.45, 7) is 2.96. The van der Waals surface area contributed by atoms with E-state index in [4.69, 9.17) is 9.47 Å². The van der Waals surface area contributed by atoms with E-state index in [1.165, 1.54) is 6.20 Å². The molecule has 0 bridgehead atoms. The van der Waals surface area contributed by atoms with Crippen LogP contribution in [0.2, 0.25) is 0 Å². The van der Waals surface area contributed by atoms with Gasteiger partial charge >= 0.3 is 0 Å². The predicted octanol–water partition coefficient (Wildman–Crippen LogP) is 1.40. The van der Waals surface area contributed by atoms with E-state index >= 15 is 0 Å². The molecule has 1 saturated heterocycles. The minimum absolute atomic E-state index is 0.157. The topological polar surface area (TPSA) is 85.4 Å². The third-order valence-corrected chi connectivity index (χ3v) is 4.33. The van der Waals surface area contributed by atoms with E-state index < -0.39 is 0 Å². The van der Waals surface area contributed by atoms with Crippen LogP contribution in [0.1, 0.15) is 23.3 Å². The van der Waals surface area contributed by atoms with E-state index in [1.807, 2.05) is 18.2 Å². The van der Waals surface area contributed by atoms with Gasteiger partial charge in [-0.25, -0.2) is 4.98 Å². The molecular weight excluding hydrogens is 320 g/mol. The maximum atomic E-state index is 12.2. The van der Waals surface area contributed by atoms with Crippen LogP contribution >= 0.6 is 0 Å². The van der Waals surface area contributed by atoms with E-state index in [0.717, 1.165) is 31.5 Å². The molecule has 1 unspecified atom stereocenters. The molecule has 1 aromatic heterocycles. The van der Waals surface area contributed by atoms with Gasteiger partial charge in [-0.05, 0) is 25.1 Å². The predicted molar refractivity (Wildman–Crippen MR) is 91.8 cm³/mol. The lowest BCUT2D eigenvalue weighted by Gasteiger charge is -2.13. The molecule has 2 aromatic rings. The lowest BCUT2D eigenvalue weighted by molar-refractivity contribution is 0.0934. The number of para-hydroxylation sites is 1. The second-order valence-corrected chi connectivity index (χ2v) is 6.13. The summed E-state index contributed by atoms with van der Waals surface area (Å²) in [5, 5.41) is 6.18. The highest BCUT2D eigenvalue weighted by Crippen LogP contribution is 2.38. The summed E-state index contributed by atoms with van der Waals surface area (Å²) < 4.78 is 11.5. The van der Waals surface area contributed by atoms with Gasteiger partial charge in [-0.15, -0.1) is 0 Å². The average molecular weight is 340 g/mol. The summed E-state index contributed by atoms with van der Waals surface area (Å²) in [4.78, 5) is 20.9. The molecule has 2 aliphatic heterocycles. The molecule has 0 saturated carbocycles. The molecule has 130 valence electrons. The van der Waals surface area contributed by atoms with Crippen LogP contribution in [0.15, 0.2) is 30.6 Å². The number of rotatable bonds is 3. The Kier molecular flexibility index (Phi) is 4.47. The minimum Gasteiger partial charge on any atom is -0.490 e. The molecule has 1 atom stereocenters. The van der Waals surface area contributed by atoms with Crippen LogP contribution in [0, 0.1) is 0 Å². The molecule has 3 heterocycles. The monoisotopic (exact) mass is 340 g/mol. The van der Waals surface area contributed by atoms with Gasteiger partial charge in [-0.1, -0.05) is 6.07 Å². The Morgan fingerprint density at radius 3 is 2.92 bits per heavy atom. The standard InChI is InChI=1S/C18H20N4O3/c23-18(22-12-5-6-19-9-12)15-11-20-14(10-21-15)13-3-1-4-16-17(13)25-8-2-7-24-16/h1,3-4,10-12,19H,2,5-9H2,(H,22,23). The highest BCUT2D eigenvalue weighted by Gasteiger charge is 2.20. The quantitative estimate of drug-likeness (QED) is 0.878. The van der Waals surface area contributed by atoms with Gasteiger partial charge in [0.1, 0.15) is 5.69 Å². The summed E-state index contributed by atoms with van der Waals surface area (Å²) in [7, 11) is 0. The summed E-state index contributed by atoms with van der Waals surface area (Å²) >= 11 is 0. The number of fused-ring (bicyclic) bond motifs is 1. The van der Waals surface area contributed by atoms with Gasteiger partial charge in [-0.2, -0.15) is 0 Å². The third kappa shape index (κ3) is 3.41. The van der Waals surface area contributed by atoms with Crippen LogP contribution in [-0.4, -0.2) is 48.2 Å². The van der Waals surface area contributed by atoms with Crippen molar-refractivity contribution in [1.29, 1.82) is 0 Å². The Morgan fingerprint density at radius 1 is 1.20 bits per heavy atom. The van der Waals surface area contributed by atoms with Crippen molar-refractivity contribution in [3.05, 3.63) is 36.3 Å². The number of amides is 1. The van der Waals surface area contributed by atoms with Crippen LogP contribution in [0.3, 0.4) is 0 Å². The van der Waals surface area contributed by atoms with Crippen molar-refractivity contribution in [2.45, 2.75) is 18.9 Å². The van der Waals surface area contributed by atoms with Gasteiger partial charge in [0.2, 0.25) is 0 Å². The number of benzene rings is 1. The lowest BCUT2D eigenvalue weighted by Crippen LogP contribution is -2.36. The summed E-state index contributed by atoms with van der Waals surface area (Å²) in [5.41, 5.74) is 1.79. The van der Waals surface area contributed by atoms with Crippen LogP contribution in [-0.2, 0) is 0 Å². The minimum atomic E-state index is -0.195. The fourth-order valence-corrected chi connectivity index (χ4v) is 3.02. The molecule has 1 aromatic carbocycles. The number of hydrogen-bond acceptors (Lipinski definition) is 6. The first kappa shape index (κ1) is 15.8. The first-order valence-electron chi connectivity index (χ1n) is 8.54. The van der Waals surface area contributed by atoms with E-state index in [0.29, 0.717) is 36.1 Å². The molecular formula is C18H20N4O3. The first-order valence-corrected chi connectivity index (χ1v) is 8.54. The smallest absolute Gasteiger partial charge is 0.271 e. The average Bonchev–Trinajstić information content (AvgIpc) is 3.03. The zero-order valence-corrected chi connectivity index (χ0v) is 13.8. The van der Waals surface area contributed by atoms with Crippen molar-refractivity contribution in [1.82, 2.24) is 20.6 Å². The molecule has 0 aliphatic carbocycles. The SMILES string of the molecule is O=C(NC1CCNC1)c1cnc(-c2cccc3c2OCCCO3)cn1. The lowest BCUT2D eigenvalue weighted by atomic mass is 10.1. The zero-order valence-electron chi connectivity index (χ0n) is 13.8. The zero-order chi connectivity index (χ0) is 17.1. The summed E-state index contributed by atoms with van der Waals surface area (Å²) in [6, 6.07) is 5.86. The second kappa shape index (κ2) is 7.06. The molecule has 25 heavy (non-hydrogen) atoms. The Hall–Kier alpha value is -2.67. The van der Waals surface area contributed by atoms with E-state index in [9.17, 15) is 4.79 Å². The molecule has 7 heteroatoms. The van der Waals surface area contributed by atoms with Crippen LogP contribution < -0.4 is 20.1 Å². The van der Waals surface area contributed by atoms with Crippen LogP contribution in [0.4, 0.5) is 0 Å². The van der Waals surface area contributed by atoms with E-state index in [2.05, 4.69) is 20.6 Å². The maximum absolute atomic E-state index is 12.2. The number of hydrogen-bond donors (Lipinski definition) is 2. The molecule has 7 nitrogen and oxygen atoms in total. The van der Waals surface area contributed by atoms with Crippen molar-refractivity contribution in [3.63, 3.8) is 0 Å². The fourth-order valence-electron chi connectivity index (χ4n) is 3.02. The van der Waals surface area contributed by atoms with Crippen LogP contribution in [0.5, 0.6) is 11.5 Å². The Morgan fingerprint density at radius 2 is 2.12 bits per heavy atom. The Bertz CT molecular complexity index is 757. The number of nitrogens with one attached hydrogen (secondary N) is 2. The molecule has 2 aliphatic rings. The van der Waals surface area contributed by atoms with Gasteiger partial charge in [0.05, 0.1) is 31.3 Å². The largest absolute Gasteiger partial charge is 0.490 e. The van der Waals surface area contributed by atoms with Crippen molar-refractivity contribution in [3.8, 4) is 22.8 Å². The Balaban J connectivity index is 1.55. The number of carbonyl (C=O) groups excluding carboxylic acids is 1. The van der Waals surface area contributed by atoms with Gasteiger partial charge in [0, 0.05) is 24.6 Å². The fraction of sp³-hybridized carbons (Fsp3) is 0.389. The highest BCUT2D eigenvalue weighted by atomic mass is 16.5. The molecule has 2 N–H and O–H groups in total. The van der Waals surface area contributed by atoms with Crippen LogP contribution in [0.25, 0.3) is 11.3 Å². The van der Waals surface area contributed by atoms with Gasteiger partial charge in [-0.3, -0.25) is 9.78 Å². The van der Waals surface area contributed by atoms with Crippen molar-refractivity contribution in [2.75, 3.05) is 26.3 Å². The number of ether oxygens (including phenoxy) is 2. The van der Waals surface area contributed by atoms with E-state index in [1.54, 1.807) is 6.20 Å². The second-order valence-electron chi connectivity index (χ2n) is 6.13. The molecule has 1 amide bonds. The molecule has 0 spiro atoms. The Labute approximate surface area is 145 Å². The van der Waals surface area contributed by atoms with Crippen molar-refractivity contribution in [2.24, 2.45) is 0 Å². The summed E-state index contributed by atoms with van der Waals surface area (Å²) in [5.74, 6) is 1.20. The molecule has 4 rings (SSSR count). The van der Waals surface area contributed by atoms with Gasteiger partial charge < -0.3 is 20.1 Å². The van der Waals surface area contributed by atoms with Crippen molar-refractivity contribution < 1.29 is 14.3 Å². The first-order chi connectivity index (χ1) is 12.3. The van der Waals surface area contributed by atoms with Crippen molar-refractivity contribution >= 4 is 5.91 Å². The third-order valence-electron chi connectivity index (χ3n) is 4.33. The normalized spacial score (nSPS) is 19.3. The van der Waals surface area contributed by atoms with Gasteiger partial charge in [0.25, 0.3) is 5.91 Å². The number of nitrogens with zero attached hydrogens (tertiary/aromatic N) is 2. The maximum Gasteiger partial charge on any atom is 0.271 e. The van der Waals surface area contributed by atoms with Gasteiger partial charge in [0.15, 0.2) is 11.5 Å². The highest BCUT2D eigenvalue weighted by molar-refractivity contribution is 5.92. The number of aromatic nitrogens is 2. The molecule has 0 radical (unpaired) electrons. The number of carbonyl (C=O) groups is 1. The molecule has 1 fully saturated rings.